The van der Waals surface area contributed by atoms with Gasteiger partial charge in [-0.15, -0.1) is 0 Å². The van der Waals surface area contributed by atoms with Gasteiger partial charge in [-0.3, -0.25) is 0 Å². The fraction of sp³-hybridized carbons (Fsp3) is 0.500. The second kappa shape index (κ2) is 5.20. The molecule has 0 radical (unpaired) electrons. The van der Waals surface area contributed by atoms with E-state index >= 15 is 0 Å². The number of likely N-dealkylation sites (N-methyl/N-ethyl adjacent to an activating group) is 1. The van der Waals surface area contributed by atoms with Gasteiger partial charge in [0.1, 0.15) is 0 Å². The van der Waals surface area contributed by atoms with E-state index in [1.54, 1.807) is 11.3 Å². The summed E-state index contributed by atoms with van der Waals surface area (Å²) >= 11 is 1.65. The maximum Gasteiger partial charge on any atom is 0.186 e. The zero-order valence-electron chi connectivity index (χ0n) is 11.8. The molecule has 20 heavy (non-hydrogen) atoms. The smallest absolute Gasteiger partial charge is 0.186 e. The van der Waals surface area contributed by atoms with E-state index in [2.05, 4.69) is 28.9 Å². The van der Waals surface area contributed by atoms with Crippen LogP contribution >= 0.6 is 11.3 Å². The summed E-state index contributed by atoms with van der Waals surface area (Å²) in [5, 5.41) is 10.9. The molecule has 6 heteroatoms. The molecule has 0 spiro atoms. The van der Waals surface area contributed by atoms with Crippen LogP contribution in [-0.4, -0.2) is 54.3 Å². The number of nitrogen functional groups attached to an aromatic ring is 1. The van der Waals surface area contributed by atoms with Gasteiger partial charge in [-0.2, -0.15) is 0 Å². The maximum absolute atomic E-state index is 9.96. The van der Waals surface area contributed by atoms with Crippen LogP contribution in [0.5, 0.6) is 0 Å². The molecule has 0 amide bonds. The minimum atomic E-state index is -0.267. The Morgan fingerprint density at radius 1 is 1.50 bits per heavy atom. The van der Waals surface area contributed by atoms with Crippen molar-refractivity contribution in [3.05, 3.63) is 18.2 Å². The SMILES string of the molecule is CN(C)CC1CC(O)CN1c1nc2ccc(N)cc2s1. The van der Waals surface area contributed by atoms with E-state index in [0.29, 0.717) is 12.6 Å². The summed E-state index contributed by atoms with van der Waals surface area (Å²) in [6, 6.07) is 6.11. The summed E-state index contributed by atoms with van der Waals surface area (Å²) in [4.78, 5) is 9.07. The van der Waals surface area contributed by atoms with Crippen LogP contribution in [0.4, 0.5) is 10.8 Å². The second-order valence-corrected chi connectivity index (χ2v) is 6.69. The number of aliphatic hydroxyl groups excluding tert-OH is 1. The molecular weight excluding hydrogens is 272 g/mol. The zero-order valence-corrected chi connectivity index (χ0v) is 12.6. The fourth-order valence-corrected chi connectivity index (χ4v) is 3.87. The van der Waals surface area contributed by atoms with Crippen LogP contribution in [0.2, 0.25) is 0 Å². The number of rotatable bonds is 3. The highest BCUT2D eigenvalue weighted by molar-refractivity contribution is 7.22. The van der Waals surface area contributed by atoms with Gasteiger partial charge in [0.05, 0.1) is 16.3 Å². The predicted octanol–water partition coefficient (Wildman–Crippen LogP) is 1.38. The highest BCUT2D eigenvalue weighted by Crippen LogP contribution is 2.34. The van der Waals surface area contributed by atoms with Crippen LogP contribution in [0.1, 0.15) is 6.42 Å². The summed E-state index contributed by atoms with van der Waals surface area (Å²) < 4.78 is 1.10. The molecule has 3 N–H and O–H groups in total. The number of hydrogen-bond donors (Lipinski definition) is 2. The highest BCUT2D eigenvalue weighted by Gasteiger charge is 2.33. The van der Waals surface area contributed by atoms with Crippen molar-refractivity contribution in [1.29, 1.82) is 0 Å². The van der Waals surface area contributed by atoms with Crippen LogP contribution < -0.4 is 10.6 Å². The van der Waals surface area contributed by atoms with Gasteiger partial charge in [0.15, 0.2) is 5.13 Å². The van der Waals surface area contributed by atoms with Gasteiger partial charge in [0.25, 0.3) is 0 Å². The number of fused-ring (bicyclic) bond motifs is 1. The second-order valence-electron chi connectivity index (χ2n) is 5.68. The summed E-state index contributed by atoms with van der Waals surface area (Å²) in [5.41, 5.74) is 7.56. The molecule has 0 bridgehead atoms. The minimum absolute atomic E-state index is 0.267. The van der Waals surface area contributed by atoms with E-state index in [4.69, 9.17) is 5.73 Å². The third-order valence-electron chi connectivity index (χ3n) is 3.62. The molecule has 0 aliphatic carbocycles. The number of aliphatic hydroxyl groups is 1. The van der Waals surface area contributed by atoms with Crippen LogP contribution in [0.3, 0.4) is 0 Å². The lowest BCUT2D eigenvalue weighted by molar-refractivity contribution is 0.191. The van der Waals surface area contributed by atoms with Gasteiger partial charge in [-0.05, 0) is 38.7 Å². The van der Waals surface area contributed by atoms with Crippen molar-refractivity contribution < 1.29 is 5.11 Å². The summed E-state index contributed by atoms with van der Waals surface area (Å²) in [6.07, 6.45) is 0.535. The van der Waals surface area contributed by atoms with Gasteiger partial charge in [-0.1, -0.05) is 11.3 Å². The molecule has 3 rings (SSSR count). The number of nitrogens with zero attached hydrogens (tertiary/aromatic N) is 3. The average molecular weight is 292 g/mol. The lowest BCUT2D eigenvalue weighted by Gasteiger charge is -2.26. The first-order valence-corrected chi connectivity index (χ1v) is 7.60. The largest absolute Gasteiger partial charge is 0.399 e. The molecule has 2 aromatic rings. The van der Waals surface area contributed by atoms with Crippen molar-refractivity contribution >= 4 is 32.4 Å². The third-order valence-corrected chi connectivity index (χ3v) is 4.67. The predicted molar refractivity (Wildman–Crippen MR) is 84.3 cm³/mol. The Hall–Kier alpha value is -1.37. The van der Waals surface area contributed by atoms with E-state index in [9.17, 15) is 5.11 Å². The Balaban J connectivity index is 1.92. The van der Waals surface area contributed by atoms with Crippen LogP contribution in [-0.2, 0) is 0 Å². The van der Waals surface area contributed by atoms with Crippen LogP contribution in [0, 0.1) is 0 Å². The van der Waals surface area contributed by atoms with Crippen molar-refractivity contribution in [1.82, 2.24) is 9.88 Å². The number of anilines is 2. The van der Waals surface area contributed by atoms with Gasteiger partial charge in [0.2, 0.25) is 0 Å². The molecule has 1 saturated heterocycles. The topological polar surface area (TPSA) is 65.6 Å². The molecule has 1 aromatic heterocycles. The van der Waals surface area contributed by atoms with Crippen molar-refractivity contribution in [3.8, 4) is 0 Å². The first-order chi connectivity index (χ1) is 9.52. The molecule has 2 heterocycles. The van der Waals surface area contributed by atoms with Gasteiger partial charge in [0, 0.05) is 24.8 Å². The number of thiazole rings is 1. The number of hydrogen-bond acceptors (Lipinski definition) is 6. The lowest BCUT2D eigenvalue weighted by atomic mass is 10.2. The Bertz CT molecular complexity index is 612. The van der Waals surface area contributed by atoms with E-state index in [0.717, 1.165) is 34.0 Å². The summed E-state index contributed by atoms with van der Waals surface area (Å²) in [5.74, 6) is 0. The number of benzene rings is 1. The van der Waals surface area contributed by atoms with Crippen LogP contribution in [0.15, 0.2) is 18.2 Å². The molecule has 108 valence electrons. The first kappa shape index (κ1) is 13.6. The molecule has 1 aromatic carbocycles. The molecule has 1 aliphatic rings. The monoisotopic (exact) mass is 292 g/mol. The quantitative estimate of drug-likeness (QED) is 0.837. The maximum atomic E-state index is 9.96. The minimum Gasteiger partial charge on any atom is -0.399 e. The van der Waals surface area contributed by atoms with Gasteiger partial charge >= 0.3 is 0 Å². The Morgan fingerprint density at radius 2 is 2.30 bits per heavy atom. The van der Waals surface area contributed by atoms with Gasteiger partial charge in [-0.25, -0.2) is 4.98 Å². The Kier molecular flexibility index (Phi) is 3.54. The normalized spacial score (nSPS) is 23.1. The molecule has 2 unspecified atom stereocenters. The number of β-amino-alcohol motifs (C(OH)–C–C–N with tert-alkyl or cyclic N) is 1. The lowest BCUT2D eigenvalue weighted by Crippen LogP contribution is -2.37. The van der Waals surface area contributed by atoms with E-state index in [-0.39, 0.29) is 6.10 Å². The summed E-state index contributed by atoms with van der Waals surface area (Å²) in [6.45, 7) is 1.59. The van der Waals surface area contributed by atoms with Crippen molar-refractivity contribution in [2.75, 3.05) is 37.8 Å². The van der Waals surface area contributed by atoms with E-state index < -0.39 is 0 Å². The average Bonchev–Trinajstić information content (AvgIpc) is 2.91. The standard InChI is InChI=1S/C14H20N4OS/c1-17(2)7-10-6-11(19)8-18(10)14-16-12-4-3-9(15)5-13(12)20-14/h3-5,10-11,19H,6-8,15H2,1-2H3. The Labute approximate surface area is 122 Å². The molecule has 5 nitrogen and oxygen atoms in total. The molecule has 1 fully saturated rings. The van der Waals surface area contributed by atoms with Crippen molar-refractivity contribution in [3.63, 3.8) is 0 Å². The van der Waals surface area contributed by atoms with Crippen molar-refractivity contribution in [2.45, 2.75) is 18.6 Å². The number of nitrogens with two attached hydrogens (primary N) is 1. The summed E-state index contributed by atoms with van der Waals surface area (Å²) in [7, 11) is 4.11. The van der Waals surface area contributed by atoms with Crippen LogP contribution in [0.25, 0.3) is 10.2 Å². The van der Waals surface area contributed by atoms with E-state index in [1.807, 2.05) is 18.2 Å². The molecular formula is C14H20N4OS. The zero-order chi connectivity index (χ0) is 14.3. The highest BCUT2D eigenvalue weighted by atomic mass is 32.1. The Morgan fingerprint density at radius 3 is 3.05 bits per heavy atom. The first-order valence-electron chi connectivity index (χ1n) is 6.78. The fourth-order valence-electron chi connectivity index (χ4n) is 2.77. The molecule has 1 aliphatic heterocycles. The van der Waals surface area contributed by atoms with Gasteiger partial charge < -0.3 is 20.6 Å². The van der Waals surface area contributed by atoms with E-state index in [1.165, 1.54) is 0 Å². The van der Waals surface area contributed by atoms with Crippen molar-refractivity contribution in [2.24, 2.45) is 0 Å². The third kappa shape index (κ3) is 2.59. The molecule has 2 atom stereocenters. The number of aromatic nitrogens is 1. The molecule has 0 saturated carbocycles.